The first-order valence-electron chi connectivity index (χ1n) is 9.42. The Morgan fingerprint density at radius 1 is 0.923 bits per heavy atom. The fraction of sp³-hybridized carbons (Fsp3) is 0.600. The van der Waals surface area contributed by atoms with Crippen LogP contribution >= 0.6 is 0 Å². The van der Waals surface area contributed by atoms with E-state index in [0.717, 1.165) is 18.6 Å². The van der Waals surface area contributed by atoms with E-state index in [0.29, 0.717) is 25.4 Å². The van der Waals surface area contributed by atoms with Gasteiger partial charge in [-0.15, -0.1) is 0 Å². The largest absolute Gasteiger partial charge is 0.494 e. The second-order valence-electron chi connectivity index (χ2n) is 6.53. The maximum absolute atomic E-state index is 12.7. The van der Waals surface area contributed by atoms with E-state index in [9.17, 15) is 9.59 Å². The summed E-state index contributed by atoms with van der Waals surface area (Å²) in [5.41, 5.74) is 0. The van der Waals surface area contributed by atoms with Crippen molar-refractivity contribution in [2.75, 3.05) is 26.3 Å². The molecule has 1 heterocycles. The molecule has 1 aromatic rings. The summed E-state index contributed by atoms with van der Waals surface area (Å²) >= 11 is 0. The highest BCUT2D eigenvalue weighted by atomic mass is 16.5. The first kappa shape index (κ1) is 20.1. The SMILES string of the molecule is CCOc1ccc(OCC(=O)N2C[C@H](CC)N(C(C)=O)C[C@@H]2CC)cc1. The number of ether oxygens (including phenoxy) is 2. The van der Waals surface area contributed by atoms with E-state index in [1.54, 1.807) is 19.1 Å². The van der Waals surface area contributed by atoms with Crippen molar-refractivity contribution in [1.82, 2.24) is 9.80 Å². The van der Waals surface area contributed by atoms with E-state index >= 15 is 0 Å². The van der Waals surface area contributed by atoms with Crippen molar-refractivity contribution < 1.29 is 19.1 Å². The molecule has 0 radical (unpaired) electrons. The lowest BCUT2D eigenvalue weighted by Crippen LogP contribution is -2.61. The number of nitrogens with zero attached hydrogens (tertiary/aromatic N) is 2. The van der Waals surface area contributed by atoms with Crippen LogP contribution < -0.4 is 9.47 Å². The lowest BCUT2D eigenvalue weighted by Gasteiger charge is -2.45. The predicted octanol–water partition coefficient (Wildman–Crippen LogP) is 2.71. The Hall–Kier alpha value is -2.24. The molecule has 2 amide bonds. The van der Waals surface area contributed by atoms with Crippen LogP contribution in [0.4, 0.5) is 0 Å². The van der Waals surface area contributed by atoms with Gasteiger partial charge < -0.3 is 19.3 Å². The number of carbonyl (C=O) groups is 2. The van der Waals surface area contributed by atoms with Gasteiger partial charge in [-0.2, -0.15) is 0 Å². The second kappa shape index (κ2) is 9.46. The number of benzene rings is 1. The number of rotatable bonds is 7. The topological polar surface area (TPSA) is 59.1 Å². The molecule has 0 spiro atoms. The second-order valence-corrected chi connectivity index (χ2v) is 6.53. The number of carbonyl (C=O) groups excluding carboxylic acids is 2. The Labute approximate surface area is 156 Å². The van der Waals surface area contributed by atoms with Crippen LogP contribution in [0.1, 0.15) is 40.5 Å². The molecule has 0 aliphatic carbocycles. The number of piperazine rings is 1. The summed E-state index contributed by atoms with van der Waals surface area (Å²) in [6.07, 6.45) is 1.65. The monoisotopic (exact) mass is 362 g/mol. The fourth-order valence-corrected chi connectivity index (χ4v) is 3.37. The van der Waals surface area contributed by atoms with E-state index in [1.165, 1.54) is 0 Å². The van der Waals surface area contributed by atoms with Gasteiger partial charge in [-0.05, 0) is 44.0 Å². The third-order valence-corrected chi connectivity index (χ3v) is 4.86. The zero-order valence-corrected chi connectivity index (χ0v) is 16.2. The average Bonchev–Trinajstić information content (AvgIpc) is 2.66. The zero-order chi connectivity index (χ0) is 19.1. The van der Waals surface area contributed by atoms with Crippen LogP contribution in [-0.2, 0) is 9.59 Å². The molecule has 2 rings (SSSR count). The van der Waals surface area contributed by atoms with Crippen molar-refractivity contribution in [2.24, 2.45) is 0 Å². The molecule has 144 valence electrons. The molecule has 1 saturated heterocycles. The summed E-state index contributed by atoms with van der Waals surface area (Å²) < 4.78 is 11.1. The minimum Gasteiger partial charge on any atom is -0.494 e. The van der Waals surface area contributed by atoms with Gasteiger partial charge in [-0.25, -0.2) is 0 Å². The summed E-state index contributed by atoms with van der Waals surface area (Å²) in [4.78, 5) is 28.4. The molecule has 1 aromatic carbocycles. The van der Waals surface area contributed by atoms with E-state index in [2.05, 4.69) is 0 Å². The molecule has 0 bridgehead atoms. The summed E-state index contributed by atoms with van der Waals surface area (Å²) in [6.45, 7) is 9.40. The summed E-state index contributed by atoms with van der Waals surface area (Å²) in [6, 6.07) is 7.38. The number of hydrogen-bond donors (Lipinski definition) is 0. The summed E-state index contributed by atoms with van der Waals surface area (Å²) in [5, 5.41) is 0. The van der Waals surface area contributed by atoms with Crippen LogP contribution in [0.5, 0.6) is 11.5 Å². The van der Waals surface area contributed by atoms with Gasteiger partial charge in [-0.3, -0.25) is 9.59 Å². The smallest absolute Gasteiger partial charge is 0.260 e. The number of amides is 2. The molecule has 0 aromatic heterocycles. The maximum Gasteiger partial charge on any atom is 0.260 e. The average molecular weight is 362 g/mol. The summed E-state index contributed by atoms with van der Waals surface area (Å²) in [7, 11) is 0. The van der Waals surface area contributed by atoms with Gasteiger partial charge in [-0.1, -0.05) is 13.8 Å². The highest BCUT2D eigenvalue weighted by Crippen LogP contribution is 2.21. The van der Waals surface area contributed by atoms with Crippen LogP contribution in [0.3, 0.4) is 0 Å². The van der Waals surface area contributed by atoms with Crippen molar-refractivity contribution in [1.29, 1.82) is 0 Å². The van der Waals surface area contributed by atoms with Crippen LogP contribution in [0, 0.1) is 0 Å². The van der Waals surface area contributed by atoms with E-state index in [4.69, 9.17) is 9.47 Å². The third-order valence-electron chi connectivity index (χ3n) is 4.86. The van der Waals surface area contributed by atoms with Crippen molar-refractivity contribution in [3.8, 4) is 11.5 Å². The highest BCUT2D eigenvalue weighted by Gasteiger charge is 2.35. The minimum absolute atomic E-state index is 0.000979. The van der Waals surface area contributed by atoms with Crippen molar-refractivity contribution >= 4 is 11.8 Å². The molecule has 6 nitrogen and oxygen atoms in total. The molecular weight excluding hydrogens is 332 g/mol. The Morgan fingerprint density at radius 2 is 1.42 bits per heavy atom. The van der Waals surface area contributed by atoms with E-state index in [-0.39, 0.29) is 30.5 Å². The molecule has 1 aliphatic rings. The van der Waals surface area contributed by atoms with Gasteiger partial charge in [0.2, 0.25) is 5.91 Å². The quantitative estimate of drug-likeness (QED) is 0.748. The maximum atomic E-state index is 12.7. The van der Waals surface area contributed by atoms with Gasteiger partial charge in [0.15, 0.2) is 6.61 Å². The van der Waals surface area contributed by atoms with Crippen LogP contribution in [-0.4, -0.2) is 60.0 Å². The van der Waals surface area contributed by atoms with Gasteiger partial charge in [0, 0.05) is 32.1 Å². The molecule has 0 saturated carbocycles. The van der Waals surface area contributed by atoms with Gasteiger partial charge >= 0.3 is 0 Å². The molecule has 0 unspecified atom stereocenters. The normalized spacial score (nSPS) is 20.0. The predicted molar refractivity (Wildman–Crippen MR) is 100 cm³/mol. The lowest BCUT2D eigenvalue weighted by molar-refractivity contribution is -0.147. The third kappa shape index (κ3) is 4.90. The van der Waals surface area contributed by atoms with Crippen LogP contribution in [0.2, 0.25) is 0 Å². The van der Waals surface area contributed by atoms with Crippen LogP contribution in [0.25, 0.3) is 0 Å². The van der Waals surface area contributed by atoms with Crippen molar-refractivity contribution in [3.05, 3.63) is 24.3 Å². The van der Waals surface area contributed by atoms with E-state index < -0.39 is 0 Å². The van der Waals surface area contributed by atoms with Crippen molar-refractivity contribution in [3.63, 3.8) is 0 Å². The molecule has 1 aliphatic heterocycles. The molecule has 26 heavy (non-hydrogen) atoms. The Balaban J connectivity index is 1.97. The van der Waals surface area contributed by atoms with E-state index in [1.807, 2.05) is 42.7 Å². The fourth-order valence-electron chi connectivity index (χ4n) is 3.37. The minimum atomic E-state index is -0.0348. The Bertz CT molecular complexity index is 602. The van der Waals surface area contributed by atoms with Crippen molar-refractivity contribution in [2.45, 2.75) is 52.6 Å². The zero-order valence-electron chi connectivity index (χ0n) is 16.2. The highest BCUT2D eigenvalue weighted by molar-refractivity contribution is 5.79. The number of hydrogen-bond acceptors (Lipinski definition) is 4. The molecule has 6 heteroatoms. The van der Waals surface area contributed by atoms with Gasteiger partial charge in [0.1, 0.15) is 11.5 Å². The first-order valence-corrected chi connectivity index (χ1v) is 9.42. The Kier molecular flexibility index (Phi) is 7.30. The first-order chi connectivity index (χ1) is 12.5. The molecular formula is C20H30N2O4. The standard InChI is InChI=1S/C20H30N2O4/c1-5-16-13-22(17(6-2)12-21(16)15(4)23)20(24)14-26-19-10-8-18(9-11-19)25-7-3/h8-11,16-17H,5-7,12-14H2,1-4H3/t16-,17-/m0/s1. The Morgan fingerprint density at radius 3 is 1.92 bits per heavy atom. The molecule has 2 atom stereocenters. The lowest BCUT2D eigenvalue weighted by atomic mass is 10.0. The molecule has 1 fully saturated rings. The van der Waals surface area contributed by atoms with Gasteiger partial charge in [0.25, 0.3) is 5.91 Å². The van der Waals surface area contributed by atoms with Crippen LogP contribution in [0.15, 0.2) is 24.3 Å². The van der Waals surface area contributed by atoms with Gasteiger partial charge in [0.05, 0.1) is 6.61 Å². The molecule has 0 N–H and O–H groups in total. The summed E-state index contributed by atoms with van der Waals surface area (Å²) in [5.74, 6) is 1.47.